The van der Waals surface area contributed by atoms with Crippen LogP contribution in [0.15, 0.2) is 24.3 Å². The summed E-state index contributed by atoms with van der Waals surface area (Å²) in [6, 6.07) is 8.58. The van der Waals surface area contributed by atoms with Crippen molar-refractivity contribution in [1.82, 2.24) is 5.32 Å². The Hall–Kier alpha value is -1.51. The molecule has 3 heteroatoms. The zero-order valence-electron chi connectivity index (χ0n) is 12.8. The van der Waals surface area contributed by atoms with Crippen molar-refractivity contribution >= 4 is 5.96 Å². The van der Waals surface area contributed by atoms with Crippen LogP contribution < -0.4 is 11.1 Å². The van der Waals surface area contributed by atoms with Crippen LogP contribution in [0.2, 0.25) is 0 Å². The second kappa shape index (κ2) is 5.64. The van der Waals surface area contributed by atoms with E-state index in [9.17, 15) is 0 Å². The first-order valence-corrected chi connectivity index (χ1v) is 6.77. The maximum absolute atomic E-state index is 7.15. The minimum absolute atomic E-state index is 0.0112. The highest BCUT2D eigenvalue weighted by Crippen LogP contribution is 2.36. The fraction of sp³-hybridized carbons (Fsp3) is 0.562. The topological polar surface area (TPSA) is 61.9 Å². The minimum Gasteiger partial charge on any atom is -0.370 e. The number of hydrogen-bond donors (Lipinski definition) is 3. The predicted molar refractivity (Wildman–Crippen MR) is 82.3 cm³/mol. The normalized spacial score (nSPS) is 12.3. The number of hydrogen-bond acceptors (Lipinski definition) is 1. The zero-order valence-corrected chi connectivity index (χ0v) is 12.8. The van der Waals surface area contributed by atoms with Gasteiger partial charge in [-0.1, -0.05) is 58.9 Å². The second-order valence-corrected chi connectivity index (χ2v) is 7.09. The molecular formula is C16H27N3. The minimum atomic E-state index is 0.0112. The van der Waals surface area contributed by atoms with Crippen LogP contribution in [-0.2, 0) is 12.0 Å². The Kier molecular flexibility index (Phi) is 4.61. The maximum atomic E-state index is 7.15. The average molecular weight is 261 g/mol. The van der Waals surface area contributed by atoms with E-state index in [-0.39, 0.29) is 11.4 Å². The zero-order chi connectivity index (χ0) is 14.7. The third-order valence-corrected chi connectivity index (χ3v) is 3.19. The molecule has 4 N–H and O–H groups in total. The van der Waals surface area contributed by atoms with Crippen molar-refractivity contribution in [2.24, 2.45) is 11.1 Å². The lowest BCUT2D eigenvalue weighted by atomic mass is 9.72. The first-order valence-electron chi connectivity index (χ1n) is 6.77. The molecule has 0 unspecified atom stereocenters. The molecule has 106 valence electrons. The number of nitrogens with two attached hydrogens (primary N) is 1. The molecule has 0 aliphatic heterocycles. The van der Waals surface area contributed by atoms with Crippen LogP contribution in [-0.4, -0.2) is 5.96 Å². The summed E-state index contributed by atoms with van der Waals surface area (Å²) in [6.07, 6.45) is 1.14. The van der Waals surface area contributed by atoms with Gasteiger partial charge in [0.1, 0.15) is 0 Å². The van der Waals surface area contributed by atoms with Crippen LogP contribution in [0.25, 0.3) is 0 Å². The average Bonchev–Trinajstić information content (AvgIpc) is 2.23. The molecule has 3 nitrogen and oxygen atoms in total. The van der Waals surface area contributed by atoms with Crippen molar-refractivity contribution in [1.29, 1.82) is 5.41 Å². The second-order valence-electron chi connectivity index (χ2n) is 7.09. The lowest BCUT2D eigenvalue weighted by Gasteiger charge is -2.33. The SMILES string of the molecule is CC(C)(C)CC(C)(C)c1ccc(CNC(=N)N)cc1. The van der Waals surface area contributed by atoms with Crippen LogP contribution in [0.4, 0.5) is 0 Å². The summed E-state index contributed by atoms with van der Waals surface area (Å²) in [7, 11) is 0. The molecule has 0 bridgehead atoms. The van der Waals surface area contributed by atoms with E-state index < -0.39 is 0 Å². The highest BCUT2D eigenvalue weighted by atomic mass is 15.0. The van der Waals surface area contributed by atoms with Crippen LogP contribution >= 0.6 is 0 Å². The molecule has 1 aromatic carbocycles. The van der Waals surface area contributed by atoms with E-state index in [4.69, 9.17) is 11.1 Å². The molecule has 1 aromatic rings. The van der Waals surface area contributed by atoms with Gasteiger partial charge in [-0.3, -0.25) is 5.41 Å². The molecule has 1 rings (SSSR count). The van der Waals surface area contributed by atoms with Crippen LogP contribution in [0.3, 0.4) is 0 Å². The maximum Gasteiger partial charge on any atom is 0.185 e. The van der Waals surface area contributed by atoms with Crippen molar-refractivity contribution in [3.8, 4) is 0 Å². The Morgan fingerprint density at radius 1 is 1.11 bits per heavy atom. The van der Waals surface area contributed by atoms with Gasteiger partial charge in [0, 0.05) is 6.54 Å². The number of benzene rings is 1. The van der Waals surface area contributed by atoms with Crippen molar-refractivity contribution in [3.63, 3.8) is 0 Å². The van der Waals surface area contributed by atoms with E-state index in [2.05, 4.69) is 64.2 Å². The van der Waals surface area contributed by atoms with E-state index in [1.165, 1.54) is 5.56 Å². The van der Waals surface area contributed by atoms with Gasteiger partial charge in [0.25, 0.3) is 0 Å². The summed E-state index contributed by atoms with van der Waals surface area (Å²) in [5.74, 6) is 0.0112. The molecule has 0 spiro atoms. The van der Waals surface area contributed by atoms with Gasteiger partial charge < -0.3 is 11.1 Å². The molecule has 0 radical (unpaired) electrons. The van der Waals surface area contributed by atoms with Crippen LogP contribution in [0.5, 0.6) is 0 Å². The third kappa shape index (κ3) is 5.33. The van der Waals surface area contributed by atoms with Gasteiger partial charge in [-0.25, -0.2) is 0 Å². The molecule has 0 atom stereocenters. The van der Waals surface area contributed by atoms with E-state index in [0.29, 0.717) is 12.0 Å². The standard InChI is InChI=1S/C16H27N3/c1-15(2,3)11-16(4,5)13-8-6-12(7-9-13)10-19-14(17)18/h6-9H,10-11H2,1-5H3,(H4,17,18,19). The van der Waals surface area contributed by atoms with Crippen molar-refractivity contribution < 1.29 is 0 Å². The van der Waals surface area contributed by atoms with E-state index in [1.54, 1.807) is 0 Å². The first kappa shape index (κ1) is 15.5. The lowest BCUT2D eigenvalue weighted by molar-refractivity contribution is 0.284. The molecule has 0 aromatic heterocycles. The Morgan fingerprint density at radius 2 is 1.63 bits per heavy atom. The predicted octanol–water partition coefficient (Wildman–Crippen LogP) is 3.38. The van der Waals surface area contributed by atoms with Crippen molar-refractivity contribution in [2.75, 3.05) is 0 Å². The van der Waals surface area contributed by atoms with E-state index >= 15 is 0 Å². The van der Waals surface area contributed by atoms with Gasteiger partial charge in [0.05, 0.1) is 0 Å². The molecule has 0 aliphatic carbocycles. The number of nitrogens with one attached hydrogen (secondary N) is 2. The largest absolute Gasteiger partial charge is 0.370 e. The highest BCUT2D eigenvalue weighted by Gasteiger charge is 2.26. The molecule has 0 amide bonds. The summed E-state index contributed by atoms with van der Waals surface area (Å²) in [6.45, 7) is 12.0. The summed E-state index contributed by atoms with van der Waals surface area (Å²) in [4.78, 5) is 0. The third-order valence-electron chi connectivity index (χ3n) is 3.19. The van der Waals surface area contributed by atoms with E-state index in [0.717, 1.165) is 12.0 Å². The molecule has 0 saturated carbocycles. The van der Waals surface area contributed by atoms with Gasteiger partial charge in [0.2, 0.25) is 0 Å². The van der Waals surface area contributed by atoms with E-state index in [1.807, 2.05) is 0 Å². The molecule has 0 heterocycles. The molecule has 0 fully saturated rings. The quantitative estimate of drug-likeness (QED) is 0.574. The lowest BCUT2D eigenvalue weighted by Crippen LogP contribution is -2.29. The van der Waals surface area contributed by atoms with Crippen LogP contribution in [0.1, 0.15) is 52.2 Å². The van der Waals surface area contributed by atoms with Gasteiger partial charge >= 0.3 is 0 Å². The summed E-state index contributed by atoms with van der Waals surface area (Å²) in [5, 5.41) is 9.97. The van der Waals surface area contributed by atoms with Crippen LogP contribution in [0, 0.1) is 10.8 Å². The van der Waals surface area contributed by atoms with Crippen molar-refractivity contribution in [3.05, 3.63) is 35.4 Å². The number of guanidine groups is 1. The van der Waals surface area contributed by atoms with Gasteiger partial charge in [-0.15, -0.1) is 0 Å². The molecule has 19 heavy (non-hydrogen) atoms. The van der Waals surface area contributed by atoms with Gasteiger partial charge in [-0.2, -0.15) is 0 Å². The number of rotatable bonds is 4. The highest BCUT2D eigenvalue weighted by molar-refractivity contribution is 5.74. The smallest absolute Gasteiger partial charge is 0.185 e. The van der Waals surface area contributed by atoms with Crippen molar-refractivity contribution in [2.45, 2.75) is 53.0 Å². The molecular weight excluding hydrogens is 234 g/mol. The Balaban J connectivity index is 2.77. The molecule has 0 aliphatic rings. The fourth-order valence-electron chi connectivity index (χ4n) is 2.70. The Morgan fingerprint density at radius 3 is 2.05 bits per heavy atom. The summed E-state index contributed by atoms with van der Waals surface area (Å²) < 4.78 is 0. The Bertz CT molecular complexity index is 424. The Labute approximate surface area is 117 Å². The summed E-state index contributed by atoms with van der Waals surface area (Å²) >= 11 is 0. The first-order chi connectivity index (χ1) is 8.60. The van der Waals surface area contributed by atoms with Gasteiger partial charge in [-0.05, 0) is 28.4 Å². The fourth-order valence-corrected chi connectivity index (χ4v) is 2.70. The van der Waals surface area contributed by atoms with Gasteiger partial charge in [0.15, 0.2) is 5.96 Å². The monoisotopic (exact) mass is 261 g/mol. The molecule has 0 saturated heterocycles. The summed E-state index contributed by atoms with van der Waals surface area (Å²) in [5.41, 5.74) is 8.27.